The number of amides is 2. The van der Waals surface area contributed by atoms with Crippen LogP contribution in [0.15, 0.2) is 30.3 Å². The Labute approximate surface area is 159 Å². The number of hydrogen-bond donors (Lipinski definition) is 1. The van der Waals surface area contributed by atoms with Gasteiger partial charge in [0, 0.05) is 17.7 Å². The van der Waals surface area contributed by atoms with Crippen LogP contribution in [-0.4, -0.2) is 42.3 Å². The quantitative estimate of drug-likeness (QED) is 0.892. The van der Waals surface area contributed by atoms with Crippen molar-refractivity contribution in [2.45, 2.75) is 32.9 Å². The van der Waals surface area contributed by atoms with Crippen LogP contribution in [0.2, 0.25) is 0 Å². The van der Waals surface area contributed by atoms with E-state index in [4.69, 9.17) is 14.2 Å². The minimum atomic E-state index is -0.540. The maximum absolute atomic E-state index is 12.9. The van der Waals surface area contributed by atoms with E-state index in [1.807, 2.05) is 39.0 Å². The molecular weight excluding hydrogens is 346 g/mol. The molecule has 1 aliphatic rings. The molecule has 0 fully saturated rings. The summed E-state index contributed by atoms with van der Waals surface area (Å²) >= 11 is 0. The first-order valence-electron chi connectivity index (χ1n) is 8.75. The van der Waals surface area contributed by atoms with Gasteiger partial charge in [0.2, 0.25) is 5.88 Å². The van der Waals surface area contributed by atoms with E-state index in [2.05, 4.69) is 10.3 Å². The Hall–Kier alpha value is -2.96. The average molecular weight is 371 g/mol. The lowest BCUT2D eigenvalue weighted by atomic mass is 10.1. The lowest BCUT2D eigenvalue weighted by Crippen LogP contribution is -2.44. The van der Waals surface area contributed by atoms with Gasteiger partial charge in [-0.2, -0.15) is 0 Å². The van der Waals surface area contributed by atoms with Gasteiger partial charge in [0.05, 0.1) is 38.7 Å². The molecule has 2 heterocycles. The third-order valence-electron chi connectivity index (χ3n) is 4.39. The van der Waals surface area contributed by atoms with E-state index in [9.17, 15) is 4.79 Å². The minimum Gasteiger partial charge on any atom is -0.497 e. The third kappa shape index (κ3) is 4.24. The third-order valence-corrected chi connectivity index (χ3v) is 4.39. The largest absolute Gasteiger partial charge is 0.497 e. The van der Waals surface area contributed by atoms with Crippen LogP contribution in [0, 0.1) is 6.92 Å². The molecular formula is C20H25N3O4. The molecule has 2 aromatic rings. The second-order valence-electron chi connectivity index (χ2n) is 7.11. The number of nitrogens with zero attached hydrogens (tertiary/aromatic N) is 2. The zero-order valence-electron chi connectivity index (χ0n) is 16.3. The number of carbonyl (C=O) groups excluding carboxylic acids is 1. The number of rotatable bonds is 3. The van der Waals surface area contributed by atoms with Gasteiger partial charge >= 0.3 is 6.03 Å². The van der Waals surface area contributed by atoms with E-state index in [0.717, 1.165) is 17.1 Å². The van der Waals surface area contributed by atoms with E-state index >= 15 is 0 Å². The summed E-state index contributed by atoms with van der Waals surface area (Å²) in [6.07, 6.45) is 0. The van der Waals surface area contributed by atoms with Crippen molar-refractivity contribution in [2.75, 3.05) is 26.1 Å². The second kappa shape index (κ2) is 7.34. The molecule has 2 amide bonds. The van der Waals surface area contributed by atoms with Crippen molar-refractivity contribution in [3.63, 3.8) is 0 Å². The fourth-order valence-electron chi connectivity index (χ4n) is 3.06. The summed E-state index contributed by atoms with van der Waals surface area (Å²) < 4.78 is 16.5. The Kier molecular flexibility index (Phi) is 5.12. The molecule has 0 atom stereocenters. The standard InChI is InChI=1S/C20H25N3O4/c1-13-16(8-9-18(21-13)26-5)22-19(24)23-11-14-6-7-15(25-4)10-17(14)27-20(2,3)12-23/h6-10H,11-12H2,1-5H3,(H,22,24). The lowest BCUT2D eigenvalue weighted by molar-refractivity contribution is 0.0833. The molecule has 0 bridgehead atoms. The normalized spacial score (nSPS) is 15.2. The lowest BCUT2D eigenvalue weighted by Gasteiger charge is -2.29. The van der Waals surface area contributed by atoms with Gasteiger partial charge in [-0.25, -0.2) is 9.78 Å². The van der Waals surface area contributed by atoms with Crippen molar-refractivity contribution in [1.29, 1.82) is 0 Å². The van der Waals surface area contributed by atoms with Gasteiger partial charge in [-0.15, -0.1) is 0 Å². The molecule has 144 valence electrons. The molecule has 0 saturated carbocycles. The van der Waals surface area contributed by atoms with Gasteiger partial charge in [-0.1, -0.05) is 0 Å². The number of carbonyl (C=O) groups is 1. The molecule has 0 saturated heterocycles. The Morgan fingerprint density at radius 2 is 2.00 bits per heavy atom. The van der Waals surface area contributed by atoms with Crippen molar-refractivity contribution in [3.8, 4) is 17.4 Å². The van der Waals surface area contributed by atoms with Crippen LogP contribution in [0.25, 0.3) is 0 Å². The number of benzene rings is 1. The van der Waals surface area contributed by atoms with E-state index in [-0.39, 0.29) is 6.03 Å². The molecule has 1 aliphatic heterocycles. The summed E-state index contributed by atoms with van der Waals surface area (Å²) in [5.41, 5.74) is 1.74. The summed E-state index contributed by atoms with van der Waals surface area (Å²) in [5.74, 6) is 1.97. The Balaban J connectivity index is 1.83. The predicted molar refractivity (Wildman–Crippen MR) is 103 cm³/mol. The van der Waals surface area contributed by atoms with Gasteiger partial charge in [0.1, 0.15) is 17.1 Å². The number of hydrogen-bond acceptors (Lipinski definition) is 5. The highest BCUT2D eigenvalue weighted by Gasteiger charge is 2.32. The Bertz CT molecular complexity index is 851. The van der Waals surface area contributed by atoms with Gasteiger partial charge in [0.15, 0.2) is 0 Å². The number of methoxy groups -OCH3 is 2. The molecule has 1 N–H and O–H groups in total. The topological polar surface area (TPSA) is 72.9 Å². The summed E-state index contributed by atoms with van der Waals surface area (Å²) in [7, 11) is 3.18. The predicted octanol–water partition coefficient (Wildman–Crippen LogP) is 3.61. The summed E-state index contributed by atoms with van der Waals surface area (Å²) in [5, 5.41) is 2.94. The summed E-state index contributed by atoms with van der Waals surface area (Å²) in [4.78, 5) is 19.0. The molecule has 0 unspecified atom stereocenters. The fraction of sp³-hybridized carbons (Fsp3) is 0.400. The van der Waals surface area contributed by atoms with E-state index in [1.54, 1.807) is 31.3 Å². The number of urea groups is 1. The Morgan fingerprint density at radius 1 is 1.22 bits per heavy atom. The van der Waals surface area contributed by atoms with E-state index in [0.29, 0.717) is 30.4 Å². The first-order chi connectivity index (χ1) is 12.8. The van der Waals surface area contributed by atoms with Crippen LogP contribution in [0.4, 0.5) is 10.5 Å². The SMILES string of the molecule is COc1ccc2c(c1)OC(C)(C)CN(C(=O)Nc1ccc(OC)nc1C)C2. The van der Waals surface area contributed by atoms with Crippen molar-refractivity contribution in [2.24, 2.45) is 0 Å². The molecule has 7 nitrogen and oxygen atoms in total. The highest BCUT2D eigenvalue weighted by atomic mass is 16.5. The van der Waals surface area contributed by atoms with Crippen LogP contribution in [0.5, 0.6) is 17.4 Å². The number of fused-ring (bicyclic) bond motifs is 1. The smallest absolute Gasteiger partial charge is 0.322 e. The maximum Gasteiger partial charge on any atom is 0.322 e. The molecule has 0 spiro atoms. The van der Waals surface area contributed by atoms with Crippen LogP contribution >= 0.6 is 0 Å². The number of ether oxygens (including phenoxy) is 3. The van der Waals surface area contributed by atoms with E-state index < -0.39 is 5.60 Å². The van der Waals surface area contributed by atoms with Crippen LogP contribution < -0.4 is 19.5 Å². The zero-order valence-corrected chi connectivity index (χ0v) is 16.3. The zero-order chi connectivity index (χ0) is 19.6. The highest BCUT2D eigenvalue weighted by molar-refractivity contribution is 5.90. The molecule has 0 radical (unpaired) electrons. The molecule has 7 heteroatoms. The first-order valence-corrected chi connectivity index (χ1v) is 8.75. The van der Waals surface area contributed by atoms with Gasteiger partial charge in [0.25, 0.3) is 0 Å². The fourth-order valence-corrected chi connectivity index (χ4v) is 3.06. The van der Waals surface area contributed by atoms with Gasteiger partial charge in [-0.3, -0.25) is 0 Å². The maximum atomic E-state index is 12.9. The molecule has 0 aliphatic carbocycles. The van der Waals surface area contributed by atoms with Gasteiger partial charge in [-0.05, 0) is 39.0 Å². The number of anilines is 1. The van der Waals surface area contributed by atoms with Crippen LogP contribution in [0.3, 0.4) is 0 Å². The highest BCUT2D eigenvalue weighted by Crippen LogP contribution is 2.33. The van der Waals surface area contributed by atoms with Gasteiger partial charge < -0.3 is 24.4 Å². The van der Waals surface area contributed by atoms with Crippen molar-refractivity contribution in [1.82, 2.24) is 9.88 Å². The average Bonchev–Trinajstić information content (AvgIpc) is 2.77. The van der Waals surface area contributed by atoms with Crippen molar-refractivity contribution >= 4 is 11.7 Å². The van der Waals surface area contributed by atoms with Crippen LogP contribution in [0.1, 0.15) is 25.1 Å². The first kappa shape index (κ1) is 18.8. The van der Waals surface area contributed by atoms with Crippen molar-refractivity contribution in [3.05, 3.63) is 41.6 Å². The number of aryl methyl sites for hydroxylation is 1. The number of aromatic nitrogens is 1. The molecule has 1 aromatic carbocycles. The number of nitrogens with one attached hydrogen (secondary N) is 1. The van der Waals surface area contributed by atoms with Crippen molar-refractivity contribution < 1.29 is 19.0 Å². The van der Waals surface area contributed by atoms with E-state index in [1.165, 1.54) is 0 Å². The molecule has 27 heavy (non-hydrogen) atoms. The molecule has 3 rings (SSSR count). The monoisotopic (exact) mass is 371 g/mol. The summed E-state index contributed by atoms with van der Waals surface area (Å²) in [6, 6.07) is 8.96. The second-order valence-corrected chi connectivity index (χ2v) is 7.11. The number of pyridine rings is 1. The summed E-state index contributed by atoms with van der Waals surface area (Å²) in [6.45, 7) is 6.63. The van der Waals surface area contributed by atoms with Crippen LogP contribution in [-0.2, 0) is 6.54 Å². The molecule has 1 aromatic heterocycles. The Morgan fingerprint density at radius 3 is 2.67 bits per heavy atom. The minimum absolute atomic E-state index is 0.203.